The van der Waals surface area contributed by atoms with Crippen LogP contribution >= 0.6 is 0 Å². The van der Waals surface area contributed by atoms with E-state index in [9.17, 15) is 20.4 Å². The van der Waals surface area contributed by atoms with Crippen LogP contribution in [0.3, 0.4) is 0 Å². The minimum Gasteiger partial charge on any atom is -0.508 e. The molecule has 10 aliphatic carbocycles. The Bertz CT molecular complexity index is 2700. The molecule has 0 radical (unpaired) electrons. The van der Waals surface area contributed by atoms with Gasteiger partial charge < -0.3 is 41.5 Å². The number of aliphatic hydroxyl groups is 3. The molecule has 0 unspecified atom stereocenters. The number of β-amino-alcohol motifs (C(OH)–C–C–N with tert-alkyl or cyclic N) is 1. The van der Waals surface area contributed by atoms with E-state index in [1.54, 1.807) is 0 Å². The van der Waals surface area contributed by atoms with Crippen LogP contribution in [0.25, 0.3) is 0 Å². The fourth-order valence-corrected chi connectivity index (χ4v) is 23.3. The highest BCUT2D eigenvalue weighted by Gasteiger charge is 2.82. The Kier molecular flexibility index (Phi) is 12.3. The van der Waals surface area contributed by atoms with Gasteiger partial charge in [-0.05, 0) is 247 Å². The Morgan fingerprint density at radius 3 is 2.46 bits per heavy atom. The summed E-state index contributed by atoms with van der Waals surface area (Å²) in [5.41, 5.74) is 8.52. The van der Waals surface area contributed by atoms with Gasteiger partial charge in [-0.3, -0.25) is 9.59 Å². The van der Waals surface area contributed by atoms with Crippen molar-refractivity contribution in [3.8, 4) is 5.75 Å². The number of ketones is 2. The van der Waals surface area contributed by atoms with Crippen molar-refractivity contribution < 1.29 is 34.8 Å². The average molecular weight is 1040 g/mol. The molecule has 0 aromatic heterocycles. The molecule has 2 aromatic rings. The molecule has 2 saturated heterocycles. The van der Waals surface area contributed by atoms with E-state index in [0.29, 0.717) is 61.7 Å². The highest BCUT2D eigenvalue weighted by atomic mass is 16.6. The van der Waals surface area contributed by atoms with E-state index in [0.717, 1.165) is 138 Å². The Morgan fingerprint density at radius 2 is 1.67 bits per heavy atom. The number of allylic oxidation sites excluding steroid dienone is 2. The van der Waals surface area contributed by atoms with E-state index in [4.69, 9.17) is 10.5 Å². The summed E-state index contributed by atoms with van der Waals surface area (Å²) in [6.07, 6.45) is 17.8. The number of hydrogen-bond donors (Lipinski definition) is 7. The number of nitrogens with one attached hydrogen (secondary N) is 2. The van der Waals surface area contributed by atoms with Crippen molar-refractivity contribution in [1.82, 2.24) is 10.6 Å². The zero-order chi connectivity index (χ0) is 53.2. The highest BCUT2D eigenvalue weighted by Crippen LogP contribution is 2.84. The van der Waals surface area contributed by atoms with Gasteiger partial charge in [-0.15, -0.1) is 0 Å². The lowest BCUT2D eigenvalue weighted by atomic mass is 9.27. The van der Waals surface area contributed by atoms with E-state index in [2.05, 4.69) is 62.6 Å². The molecule has 10 heteroatoms. The molecule has 414 valence electrons. The van der Waals surface area contributed by atoms with Crippen LogP contribution in [0.15, 0.2) is 53.6 Å². The molecule has 20 atom stereocenters. The van der Waals surface area contributed by atoms with Crippen LogP contribution in [0.4, 0.5) is 5.69 Å². The van der Waals surface area contributed by atoms with Crippen molar-refractivity contribution in [1.29, 1.82) is 0 Å². The summed E-state index contributed by atoms with van der Waals surface area (Å²) in [6.45, 7) is 13.0. The monoisotopic (exact) mass is 1040 g/mol. The fourth-order valence-electron chi connectivity index (χ4n) is 23.3. The van der Waals surface area contributed by atoms with Gasteiger partial charge in [-0.2, -0.15) is 0 Å². The summed E-state index contributed by atoms with van der Waals surface area (Å²) >= 11 is 0. The van der Waals surface area contributed by atoms with Gasteiger partial charge in [0.15, 0.2) is 5.78 Å². The summed E-state index contributed by atoms with van der Waals surface area (Å²) in [5.74, 6) is 2.68. The lowest BCUT2D eigenvalue weighted by molar-refractivity contribution is -0.257. The maximum absolute atomic E-state index is 16.5. The molecule has 76 heavy (non-hydrogen) atoms. The fraction of sp³-hybridized carbons (Fsp3) is 0.758. The first-order valence-corrected chi connectivity index (χ1v) is 30.8. The van der Waals surface area contributed by atoms with Gasteiger partial charge >= 0.3 is 0 Å². The summed E-state index contributed by atoms with van der Waals surface area (Å²) < 4.78 is 6.85. The number of carbonyl (C=O) groups excluding carboxylic acids is 2. The van der Waals surface area contributed by atoms with E-state index in [-0.39, 0.29) is 70.7 Å². The minimum absolute atomic E-state index is 0.0291. The molecular weight excluding hydrogens is 947 g/mol. The van der Waals surface area contributed by atoms with Crippen LogP contribution in [0, 0.1) is 74.9 Å². The van der Waals surface area contributed by atoms with Crippen molar-refractivity contribution >= 4 is 17.3 Å². The number of phenols is 1. The summed E-state index contributed by atoms with van der Waals surface area (Å²) in [7, 11) is 1.94. The smallest absolute Gasteiger partial charge is 0.163 e. The maximum atomic E-state index is 16.5. The number of fused-ring (bicyclic) bond motifs is 2. The van der Waals surface area contributed by atoms with E-state index in [1.165, 1.54) is 11.1 Å². The number of nitrogens with two attached hydrogens (primary N) is 1. The van der Waals surface area contributed by atoms with Crippen molar-refractivity contribution in [3.63, 3.8) is 0 Å². The number of benzene rings is 2. The third-order valence-electron chi connectivity index (χ3n) is 25.8. The zero-order valence-electron chi connectivity index (χ0n) is 47.0. The van der Waals surface area contributed by atoms with Gasteiger partial charge in [-0.25, -0.2) is 0 Å². The largest absolute Gasteiger partial charge is 0.508 e. The summed E-state index contributed by atoms with van der Waals surface area (Å²) in [6, 6.07) is 14.4. The number of carbonyl (C=O) groups is 2. The summed E-state index contributed by atoms with van der Waals surface area (Å²) in [4.78, 5) is 32.9. The molecule has 2 aliphatic heterocycles. The molecule has 8 saturated carbocycles. The average Bonchev–Trinajstić information content (AvgIpc) is 3.97. The number of aliphatic hydroxyl groups excluding tert-OH is 2. The second-order valence-corrected chi connectivity index (χ2v) is 29.5. The number of anilines is 1. The molecule has 2 aromatic carbocycles. The lowest BCUT2D eigenvalue weighted by Crippen LogP contribution is -2.78. The van der Waals surface area contributed by atoms with Crippen LogP contribution in [-0.2, 0) is 26.3 Å². The molecule has 10 nitrogen and oxygen atoms in total. The molecule has 10 fully saturated rings. The minimum atomic E-state index is -0.911. The number of epoxide rings is 1. The number of aromatic hydroxyl groups is 1. The predicted octanol–water partition coefficient (Wildman–Crippen LogP) is 10.6. The Labute approximate surface area is 453 Å². The van der Waals surface area contributed by atoms with Gasteiger partial charge in [-0.1, -0.05) is 63.8 Å². The number of Topliss-reactive ketones (excluding diaryl/α,β-unsaturated/α-hetero) is 2. The maximum Gasteiger partial charge on any atom is 0.163 e. The van der Waals surface area contributed by atoms with Crippen molar-refractivity contribution in [2.75, 3.05) is 25.9 Å². The van der Waals surface area contributed by atoms with Crippen LogP contribution < -0.4 is 16.4 Å². The standard InChI is InChI=1S/C66H93N3O7/c1-59(75)23-7-8-24-60(2)57-61(3)35-64(58(60)74,43-27-39(33-68-6)28-45(71)31-43)25-26-65(57,69-37-59)36-66-42-18-17-40-16-15-38(34-70)29-47(40)48(54-50(21-22-53(61)66)62(66,4)51(20-19-42)55(54)73)32-52(72)56-63(5,76-56)49-14-10-13-46(49)41-11-9-12-44(67)30-41/h9,11-12,27-28,30-31,38,40,42,46-49,51-53,56-57,68-72,75H,7-8,10,13-26,29,32-37,67H2,1-6H3/t38-,40-,42-,46-,47+,48-,49+,51-,52+,53+,56+,57-,59-,60+,61-,62+,63+,64-,65-,66+/m0/s1. The van der Waals surface area contributed by atoms with E-state index < -0.39 is 39.1 Å². The highest BCUT2D eigenvalue weighted by molar-refractivity contribution is 6.03. The van der Waals surface area contributed by atoms with Gasteiger partial charge in [0.2, 0.25) is 0 Å². The second kappa shape index (κ2) is 17.9. The number of nitrogen functional groups attached to an aromatic ring is 1. The SMILES string of the molecule is CNCc1cc(O)cc([C@]23CC[C@]45C[C@@]67[C@H]8CC[C@@H]9CC[C@H](CO)C[C@H]9[C@H](C[C@@H](O)[C@H]9O[C@]9(C)[C@@H]9CCC[C@H]9c9cccc(N)c9)C9=C(CC[C@@H]6[C@](C)(C2)[C@@H]4[C@@](C)(CCCC[C@](C)(O)CN5)C3=O)[C@]7(C)[C@@H](CC8)C9=O)c1. The molecule has 2 heterocycles. The molecule has 1 spiro atoms. The van der Waals surface area contributed by atoms with Crippen molar-refractivity contribution in [2.45, 2.75) is 216 Å². The van der Waals surface area contributed by atoms with Gasteiger partial charge in [0, 0.05) is 47.7 Å². The molecule has 10 bridgehead atoms. The second-order valence-electron chi connectivity index (χ2n) is 29.5. The Morgan fingerprint density at radius 1 is 0.882 bits per heavy atom. The Balaban J connectivity index is 0.963. The van der Waals surface area contributed by atoms with E-state index in [1.807, 2.05) is 32.2 Å². The predicted molar refractivity (Wildman–Crippen MR) is 296 cm³/mol. The van der Waals surface area contributed by atoms with Crippen LogP contribution in [0.2, 0.25) is 0 Å². The molecule has 12 aliphatic rings. The normalized spacial score (nSPS) is 48.7. The quantitative estimate of drug-likeness (QED) is 0.0945. The van der Waals surface area contributed by atoms with Crippen molar-refractivity contribution in [2.24, 2.45) is 74.9 Å². The first-order valence-electron chi connectivity index (χ1n) is 30.8. The first-order chi connectivity index (χ1) is 36.2. The third kappa shape index (κ3) is 7.22. The van der Waals surface area contributed by atoms with E-state index >= 15 is 9.59 Å². The van der Waals surface area contributed by atoms with Crippen LogP contribution in [0.5, 0.6) is 5.75 Å². The number of phenolic OH excluding ortho intramolecular Hbond substituents is 1. The van der Waals surface area contributed by atoms with Gasteiger partial charge in [0.1, 0.15) is 17.6 Å². The molecular formula is C66H93N3O7. The Hall–Kier alpha value is -3.12. The number of hydrogen-bond acceptors (Lipinski definition) is 10. The lowest BCUT2D eigenvalue weighted by Gasteiger charge is -2.77. The van der Waals surface area contributed by atoms with Crippen LogP contribution in [-0.4, -0.2) is 81.1 Å². The van der Waals surface area contributed by atoms with Crippen molar-refractivity contribution in [3.05, 3.63) is 70.3 Å². The number of ether oxygens (including phenoxy) is 1. The van der Waals surface area contributed by atoms with Crippen LogP contribution in [0.1, 0.15) is 192 Å². The topological polar surface area (TPSA) is 178 Å². The summed E-state index contributed by atoms with van der Waals surface area (Å²) in [5, 5.41) is 55.4. The molecule has 14 rings (SSSR count). The zero-order valence-corrected chi connectivity index (χ0v) is 47.0. The number of rotatable bonds is 9. The molecule has 0 amide bonds. The third-order valence-corrected chi connectivity index (χ3v) is 25.8. The molecule has 8 N–H and O–H groups in total. The van der Waals surface area contributed by atoms with Gasteiger partial charge in [0.25, 0.3) is 0 Å². The van der Waals surface area contributed by atoms with Gasteiger partial charge in [0.05, 0.1) is 22.7 Å². The first kappa shape index (κ1) is 52.3.